The molecule has 0 aliphatic heterocycles. The summed E-state index contributed by atoms with van der Waals surface area (Å²) in [6.45, 7) is 5.50. The van der Waals surface area contributed by atoms with Crippen LogP contribution in [0.5, 0.6) is 5.75 Å². The zero-order valence-electron chi connectivity index (χ0n) is 19.7. The molecule has 0 bridgehead atoms. The second kappa shape index (κ2) is 14.1. The summed E-state index contributed by atoms with van der Waals surface area (Å²) in [5.74, 6) is 1.61. The molecule has 0 unspecified atom stereocenters. The van der Waals surface area contributed by atoms with Crippen LogP contribution < -0.4 is 15.4 Å². The molecule has 0 radical (unpaired) electrons. The topological polar surface area (TPSA) is 75.2 Å². The summed E-state index contributed by atoms with van der Waals surface area (Å²) >= 11 is 0. The third-order valence-electron chi connectivity index (χ3n) is 4.83. The Bertz CT molecular complexity index is 851. The Balaban J connectivity index is 1.94. The molecule has 174 valence electrons. The Labute approximate surface area is 191 Å². The fourth-order valence-electron chi connectivity index (χ4n) is 3.04. The van der Waals surface area contributed by atoms with Crippen LogP contribution in [0, 0.1) is 0 Å². The van der Waals surface area contributed by atoms with E-state index >= 15 is 0 Å². The lowest BCUT2D eigenvalue weighted by atomic mass is 10.1. The van der Waals surface area contributed by atoms with Gasteiger partial charge < -0.3 is 25.0 Å². The van der Waals surface area contributed by atoms with E-state index in [0.29, 0.717) is 18.7 Å². The predicted molar refractivity (Wildman–Crippen MR) is 129 cm³/mol. The molecule has 1 amide bonds. The van der Waals surface area contributed by atoms with Gasteiger partial charge in [0, 0.05) is 46.0 Å². The molecule has 0 aliphatic carbocycles. The minimum Gasteiger partial charge on any atom is -0.497 e. The molecular formula is C25H36N4O3. The number of guanidine groups is 1. The van der Waals surface area contributed by atoms with Crippen LogP contribution in [-0.4, -0.2) is 64.3 Å². The third kappa shape index (κ3) is 8.98. The number of methoxy groups -OCH3 is 1. The number of amides is 1. The summed E-state index contributed by atoms with van der Waals surface area (Å²) in [5, 5.41) is 6.78. The maximum Gasteiger partial charge on any atom is 0.253 e. The number of hydrogen-bond acceptors (Lipinski definition) is 4. The van der Waals surface area contributed by atoms with Gasteiger partial charge in [0.1, 0.15) is 5.75 Å². The molecule has 0 atom stereocenters. The van der Waals surface area contributed by atoms with Crippen molar-refractivity contribution in [2.75, 3.05) is 47.5 Å². The summed E-state index contributed by atoms with van der Waals surface area (Å²) in [7, 11) is 5.19. The molecule has 0 aliphatic rings. The predicted octanol–water partition coefficient (Wildman–Crippen LogP) is 3.10. The summed E-state index contributed by atoms with van der Waals surface area (Å²) in [4.78, 5) is 18.5. The first kappa shape index (κ1) is 25.2. The van der Waals surface area contributed by atoms with Gasteiger partial charge in [-0.05, 0) is 55.2 Å². The molecule has 0 aromatic heterocycles. The first-order valence-electron chi connectivity index (χ1n) is 11.1. The number of benzene rings is 2. The second-order valence-corrected chi connectivity index (χ2v) is 7.57. The Hall–Kier alpha value is -3.06. The van der Waals surface area contributed by atoms with Crippen molar-refractivity contribution >= 4 is 11.9 Å². The number of nitrogens with one attached hydrogen (secondary N) is 2. The van der Waals surface area contributed by atoms with Crippen molar-refractivity contribution in [3.8, 4) is 5.75 Å². The van der Waals surface area contributed by atoms with Crippen LogP contribution in [-0.2, 0) is 17.7 Å². The van der Waals surface area contributed by atoms with E-state index < -0.39 is 0 Å². The van der Waals surface area contributed by atoms with E-state index in [4.69, 9.17) is 14.5 Å². The van der Waals surface area contributed by atoms with Gasteiger partial charge in [-0.25, -0.2) is 4.99 Å². The molecule has 32 heavy (non-hydrogen) atoms. The van der Waals surface area contributed by atoms with E-state index in [1.54, 1.807) is 26.1 Å². The number of ether oxygens (including phenoxy) is 2. The molecule has 0 saturated heterocycles. The molecule has 2 aromatic carbocycles. The van der Waals surface area contributed by atoms with Gasteiger partial charge in [-0.15, -0.1) is 0 Å². The lowest BCUT2D eigenvalue weighted by Crippen LogP contribution is -2.39. The van der Waals surface area contributed by atoms with Crippen molar-refractivity contribution in [2.24, 2.45) is 4.99 Å². The molecule has 0 saturated carbocycles. The standard InChI is InChI=1S/C25H36N4O3/c1-5-32-17-7-15-26-25(28-19-21-10-12-23(31-4)13-11-21)27-16-14-20-8-6-9-22(18-20)24(30)29(2)3/h6,8-13,18H,5,7,14-17,19H2,1-4H3,(H2,26,27,28). The highest BCUT2D eigenvalue weighted by Crippen LogP contribution is 2.12. The van der Waals surface area contributed by atoms with Crippen molar-refractivity contribution in [1.29, 1.82) is 0 Å². The van der Waals surface area contributed by atoms with Gasteiger partial charge in [0.15, 0.2) is 5.96 Å². The van der Waals surface area contributed by atoms with Crippen LogP contribution in [0.3, 0.4) is 0 Å². The van der Waals surface area contributed by atoms with Crippen LogP contribution >= 0.6 is 0 Å². The number of hydrogen-bond donors (Lipinski definition) is 2. The van der Waals surface area contributed by atoms with Gasteiger partial charge in [0.25, 0.3) is 5.91 Å². The number of carbonyl (C=O) groups is 1. The van der Waals surface area contributed by atoms with E-state index in [2.05, 4.69) is 10.6 Å². The largest absolute Gasteiger partial charge is 0.497 e. The fraction of sp³-hybridized carbons (Fsp3) is 0.440. The van der Waals surface area contributed by atoms with Crippen LogP contribution in [0.4, 0.5) is 0 Å². The summed E-state index contributed by atoms with van der Waals surface area (Å²) in [6, 6.07) is 15.7. The van der Waals surface area contributed by atoms with E-state index in [1.807, 2.05) is 55.5 Å². The van der Waals surface area contributed by atoms with Gasteiger partial charge in [-0.2, -0.15) is 0 Å². The fourth-order valence-corrected chi connectivity index (χ4v) is 3.04. The van der Waals surface area contributed by atoms with Crippen LogP contribution in [0.2, 0.25) is 0 Å². The lowest BCUT2D eigenvalue weighted by Gasteiger charge is -2.14. The molecule has 2 N–H and O–H groups in total. The molecule has 7 nitrogen and oxygen atoms in total. The van der Waals surface area contributed by atoms with Crippen molar-refractivity contribution in [1.82, 2.24) is 15.5 Å². The highest BCUT2D eigenvalue weighted by molar-refractivity contribution is 5.94. The van der Waals surface area contributed by atoms with Crippen LogP contribution in [0.1, 0.15) is 34.8 Å². The summed E-state index contributed by atoms with van der Waals surface area (Å²) in [6.07, 6.45) is 1.70. The summed E-state index contributed by atoms with van der Waals surface area (Å²) < 4.78 is 10.6. The van der Waals surface area contributed by atoms with E-state index in [0.717, 1.165) is 55.4 Å². The SMILES string of the molecule is CCOCCCNC(=NCc1ccc(OC)cc1)NCCc1cccc(C(=O)N(C)C)c1. The zero-order valence-corrected chi connectivity index (χ0v) is 19.7. The Kier molecular flexibility index (Phi) is 11.1. The van der Waals surface area contributed by atoms with E-state index in [1.165, 1.54) is 0 Å². The van der Waals surface area contributed by atoms with Crippen molar-refractivity contribution in [2.45, 2.75) is 26.3 Å². The zero-order chi connectivity index (χ0) is 23.2. The molecule has 0 spiro atoms. The van der Waals surface area contributed by atoms with Crippen LogP contribution in [0.25, 0.3) is 0 Å². The molecule has 2 rings (SSSR count). The highest BCUT2D eigenvalue weighted by atomic mass is 16.5. The molecule has 0 heterocycles. The quantitative estimate of drug-likeness (QED) is 0.301. The second-order valence-electron chi connectivity index (χ2n) is 7.57. The first-order valence-corrected chi connectivity index (χ1v) is 11.1. The van der Waals surface area contributed by atoms with Gasteiger partial charge in [-0.1, -0.05) is 24.3 Å². The average Bonchev–Trinajstić information content (AvgIpc) is 2.81. The Morgan fingerprint density at radius 1 is 1.03 bits per heavy atom. The maximum absolute atomic E-state index is 12.2. The van der Waals surface area contributed by atoms with Crippen molar-refractivity contribution in [3.05, 3.63) is 65.2 Å². The monoisotopic (exact) mass is 440 g/mol. The Morgan fingerprint density at radius 3 is 2.47 bits per heavy atom. The first-order chi connectivity index (χ1) is 15.5. The highest BCUT2D eigenvalue weighted by Gasteiger charge is 2.08. The molecule has 0 fully saturated rings. The lowest BCUT2D eigenvalue weighted by molar-refractivity contribution is 0.0827. The molecule has 2 aromatic rings. The van der Waals surface area contributed by atoms with Gasteiger partial charge >= 0.3 is 0 Å². The number of rotatable bonds is 12. The number of aliphatic imine (C=N–C) groups is 1. The number of nitrogens with zero attached hydrogens (tertiary/aromatic N) is 2. The smallest absolute Gasteiger partial charge is 0.253 e. The van der Waals surface area contributed by atoms with E-state index in [-0.39, 0.29) is 5.91 Å². The number of carbonyl (C=O) groups excluding carboxylic acids is 1. The van der Waals surface area contributed by atoms with Gasteiger partial charge in [0.05, 0.1) is 13.7 Å². The minimum atomic E-state index is 0.0116. The maximum atomic E-state index is 12.2. The normalized spacial score (nSPS) is 11.2. The van der Waals surface area contributed by atoms with Crippen molar-refractivity contribution in [3.63, 3.8) is 0 Å². The average molecular weight is 441 g/mol. The Morgan fingerprint density at radius 2 is 1.78 bits per heavy atom. The molecular weight excluding hydrogens is 404 g/mol. The van der Waals surface area contributed by atoms with Gasteiger partial charge in [0.2, 0.25) is 0 Å². The van der Waals surface area contributed by atoms with E-state index in [9.17, 15) is 4.79 Å². The van der Waals surface area contributed by atoms with Gasteiger partial charge in [-0.3, -0.25) is 4.79 Å². The third-order valence-corrected chi connectivity index (χ3v) is 4.83. The minimum absolute atomic E-state index is 0.0116. The summed E-state index contributed by atoms with van der Waals surface area (Å²) in [5.41, 5.74) is 2.92. The molecule has 7 heteroatoms. The van der Waals surface area contributed by atoms with Crippen molar-refractivity contribution < 1.29 is 14.3 Å². The van der Waals surface area contributed by atoms with Crippen LogP contribution in [0.15, 0.2) is 53.5 Å².